The van der Waals surface area contributed by atoms with Crippen molar-refractivity contribution >= 4 is 0 Å². The van der Waals surface area contributed by atoms with Crippen LogP contribution in [0.15, 0.2) is 12.5 Å². The minimum Gasteiger partial charge on any atom is -0.468 e. The van der Waals surface area contributed by atoms with E-state index in [1.807, 2.05) is 0 Å². The maximum atomic E-state index is 11.5. The van der Waals surface area contributed by atoms with Gasteiger partial charge in [-0.05, 0) is 0 Å². The summed E-state index contributed by atoms with van der Waals surface area (Å²) in [6, 6.07) is 0. The summed E-state index contributed by atoms with van der Waals surface area (Å²) in [5.74, 6) is 0. The van der Waals surface area contributed by atoms with Gasteiger partial charge in [-0.2, -0.15) is 5.12 Å². The number of nitrogens with zero attached hydrogens (tertiary/aromatic N) is 1. The van der Waals surface area contributed by atoms with Crippen molar-refractivity contribution < 1.29 is 9.22 Å². The number of halogens is 1. The highest BCUT2D eigenvalue weighted by Gasteiger charge is 2.00. The van der Waals surface area contributed by atoms with Crippen molar-refractivity contribution in [2.75, 3.05) is 0 Å². The van der Waals surface area contributed by atoms with E-state index >= 15 is 0 Å². The number of rotatable bonds is 0. The van der Waals surface area contributed by atoms with Gasteiger partial charge in [0.25, 0.3) is 6.73 Å². The molecule has 0 aromatic carbocycles. The third-order valence-electron chi connectivity index (χ3n) is 0.443. The van der Waals surface area contributed by atoms with Crippen molar-refractivity contribution in [3.8, 4) is 0 Å². The summed E-state index contributed by atoms with van der Waals surface area (Å²) in [6.45, 7) is 0.958. The predicted octanol–water partition coefficient (Wildman–Crippen LogP) is 0.794. The molecule has 33 valence electrons. The van der Waals surface area contributed by atoms with Gasteiger partial charge in [0.15, 0.2) is 0 Å². The summed E-state index contributed by atoms with van der Waals surface area (Å²) < 4.78 is 15.8. The van der Waals surface area contributed by atoms with Gasteiger partial charge in [-0.3, -0.25) is 0 Å². The normalized spacial score (nSPS) is 18.5. The minimum absolute atomic E-state index is 0.333. The molecule has 0 aromatic rings. The maximum absolute atomic E-state index is 11.5. The second-order valence-electron chi connectivity index (χ2n) is 0.871. The zero-order valence-electron chi connectivity index (χ0n) is 2.97. The molecule has 0 aromatic heterocycles. The van der Waals surface area contributed by atoms with E-state index in [-0.39, 0.29) is 0 Å². The zero-order chi connectivity index (χ0) is 4.41. The summed E-state index contributed by atoms with van der Waals surface area (Å²) >= 11 is 0. The summed E-state index contributed by atoms with van der Waals surface area (Å²) in [5.41, 5.74) is 0. The molecule has 1 aliphatic rings. The molecule has 0 aliphatic carbocycles. The Kier molecular flexibility index (Phi) is 0.670. The lowest BCUT2D eigenvalue weighted by molar-refractivity contribution is 0.0802. The van der Waals surface area contributed by atoms with Crippen LogP contribution < -0.4 is 0 Å². The van der Waals surface area contributed by atoms with Crippen molar-refractivity contribution in [1.29, 1.82) is 0 Å². The van der Waals surface area contributed by atoms with Crippen molar-refractivity contribution in [1.82, 2.24) is 5.12 Å². The molecule has 0 unspecified atom stereocenters. The van der Waals surface area contributed by atoms with Gasteiger partial charge in [-0.15, -0.1) is 0 Å². The SMILES string of the molecule is FN1[CH]OC=C1. The summed E-state index contributed by atoms with van der Waals surface area (Å²) in [5, 5.41) is 0.333. The molecule has 1 radical (unpaired) electrons. The number of ether oxygens (including phenoxy) is 1. The topological polar surface area (TPSA) is 12.5 Å². The molecule has 0 bridgehead atoms. The molecule has 6 heavy (non-hydrogen) atoms. The molecule has 0 N–H and O–H groups in total. The fraction of sp³-hybridized carbons (Fsp3) is 0. The molecule has 1 rings (SSSR count). The van der Waals surface area contributed by atoms with Crippen LogP contribution in [0.25, 0.3) is 0 Å². The molecule has 0 fully saturated rings. The molecule has 0 spiro atoms. The van der Waals surface area contributed by atoms with Crippen LogP contribution in [0.2, 0.25) is 0 Å². The van der Waals surface area contributed by atoms with Crippen LogP contribution in [0.3, 0.4) is 0 Å². The molecule has 0 saturated heterocycles. The average Bonchev–Trinajstić information content (AvgIpc) is 1.86. The number of hydrogen-bond acceptors (Lipinski definition) is 2. The van der Waals surface area contributed by atoms with E-state index in [4.69, 9.17) is 0 Å². The van der Waals surface area contributed by atoms with Crippen LogP contribution in [0, 0.1) is 6.73 Å². The van der Waals surface area contributed by atoms with Gasteiger partial charge in [0.1, 0.15) is 6.26 Å². The number of hydrogen-bond donors (Lipinski definition) is 0. The smallest absolute Gasteiger partial charge is 0.256 e. The molecule has 1 heterocycles. The Labute approximate surface area is 34.7 Å². The first-order valence-electron chi connectivity index (χ1n) is 1.49. The maximum Gasteiger partial charge on any atom is 0.256 e. The van der Waals surface area contributed by atoms with E-state index in [9.17, 15) is 4.48 Å². The Hall–Kier alpha value is -0.730. The second kappa shape index (κ2) is 1.16. The quantitative estimate of drug-likeness (QED) is 0.406. The first-order valence-corrected chi connectivity index (χ1v) is 1.49. The summed E-state index contributed by atoms with van der Waals surface area (Å²) in [4.78, 5) is 0. The Morgan fingerprint density at radius 1 is 1.67 bits per heavy atom. The summed E-state index contributed by atoms with van der Waals surface area (Å²) in [7, 11) is 0. The standard InChI is InChI=1S/C3H3FNO/c4-5-1-2-6-3-5/h1-3H. The predicted molar refractivity (Wildman–Crippen MR) is 17.5 cm³/mol. The van der Waals surface area contributed by atoms with Gasteiger partial charge in [-0.25, -0.2) is 0 Å². The van der Waals surface area contributed by atoms with Gasteiger partial charge < -0.3 is 4.74 Å². The van der Waals surface area contributed by atoms with E-state index in [0.29, 0.717) is 5.12 Å². The minimum atomic E-state index is 0.333. The molecule has 2 nitrogen and oxygen atoms in total. The van der Waals surface area contributed by atoms with Gasteiger partial charge in [-0.1, -0.05) is 4.48 Å². The van der Waals surface area contributed by atoms with Crippen molar-refractivity contribution in [2.45, 2.75) is 0 Å². The lowest BCUT2D eigenvalue weighted by Crippen LogP contribution is -1.92. The van der Waals surface area contributed by atoms with Gasteiger partial charge in [0.2, 0.25) is 0 Å². The van der Waals surface area contributed by atoms with Crippen LogP contribution in [0.4, 0.5) is 4.48 Å². The monoisotopic (exact) mass is 88.0 g/mol. The highest BCUT2D eigenvalue weighted by atomic mass is 19.2. The van der Waals surface area contributed by atoms with Crippen LogP contribution in [-0.2, 0) is 4.74 Å². The third kappa shape index (κ3) is 0.429. The molecular formula is C3H3FNO. The molecule has 0 amide bonds. The van der Waals surface area contributed by atoms with Gasteiger partial charge in [0.05, 0.1) is 6.20 Å². The summed E-state index contributed by atoms with van der Waals surface area (Å²) in [6.07, 6.45) is 2.42. The fourth-order valence-corrected chi connectivity index (χ4v) is 0.222. The van der Waals surface area contributed by atoms with Crippen LogP contribution in [-0.4, -0.2) is 5.12 Å². The Balaban J connectivity index is 2.38. The lowest BCUT2D eigenvalue weighted by atomic mass is 11.0. The average molecular weight is 88.1 g/mol. The van der Waals surface area contributed by atoms with Crippen LogP contribution >= 0.6 is 0 Å². The third-order valence-corrected chi connectivity index (χ3v) is 0.443. The van der Waals surface area contributed by atoms with Crippen LogP contribution in [0.5, 0.6) is 0 Å². The highest BCUT2D eigenvalue weighted by Crippen LogP contribution is 2.03. The Bertz CT molecular complexity index is 73.2. The molecular weight excluding hydrogens is 85.0 g/mol. The molecule has 1 aliphatic heterocycles. The second-order valence-corrected chi connectivity index (χ2v) is 0.871. The zero-order valence-corrected chi connectivity index (χ0v) is 2.97. The molecule has 3 heteroatoms. The van der Waals surface area contributed by atoms with Crippen molar-refractivity contribution in [2.24, 2.45) is 0 Å². The van der Waals surface area contributed by atoms with Crippen LogP contribution in [0.1, 0.15) is 0 Å². The largest absolute Gasteiger partial charge is 0.468 e. The van der Waals surface area contributed by atoms with E-state index < -0.39 is 0 Å². The Morgan fingerprint density at radius 3 is 2.67 bits per heavy atom. The highest BCUT2D eigenvalue weighted by molar-refractivity contribution is 4.78. The fourth-order valence-electron chi connectivity index (χ4n) is 0.222. The van der Waals surface area contributed by atoms with E-state index in [0.717, 1.165) is 6.73 Å². The van der Waals surface area contributed by atoms with Gasteiger partial charge >= 0.3 is 0 Å². The molecule has 0 saturated carbocycles. The van der Waals surface area contributed by atoms with Crippen molar-refractivity contribution in [3.63, 3.8) is 0 Å². The lowest BCUT2D eigenvalue weighted by Gasteiger charge is -1.91. The first-order chi connectivity index (χ1) is 2.89. The molecule has 0 atom stereocenters. The first kappa shape index (κ1) is 3.46. The van der Waals surface area contributed by atoms with E-state index in [1.54, 1.807) is 0 Å². The Morgan fingerprint density at radius 2 is 2.50 bits per heavy atom. The van der Waals surface area contributed by atoms with Gasteiger partial charge in [0, 0.05) is 0 Å². The van der Waals surface area contributed by atoms with Crippen molar-refractivity contribution in [3.05, 3.63) is 19.2 Å². The van der Waals surface area contributed by atoms with E-state index in [1.165, 1.54) is 12.5 Å². The van der Waals surface area contributed by atoms with E-state index in [2.05, 4.69) is 4.74 Å².